The van der Waals surface area contributed by atoms with Crippen LogP contribution in [0, 0.1) is 0 Å². The average Bonchev–Trinajstić information content (AvgIpc) is 3.21. The Kier molecular flexibility index (Phi) is 3.79. The smallest absolute Gasteiger partial charge is 0.146 e. The Morgan fingerprint density at radius 2 is 1.40 bits per heavy atom. The fraction of sp³-hybridized carbons (Fsp3) is 0. The van der Waals surface area contributed by atoms with E-state index in [0.717, 1.165) is 50.1 Å². The molecular formula is C25H15ClN4. The largest absolute Gasteiger partial charge is 0.290 e. The molecule has 30 heavy (non-hydrogen) atoms. The lowest BCUT2D eigenvalue weighted by atomic mass is 10.1. The summed E-state index contributed by atoms with van der Waals surface area (Å²) in [4.78, 5) is 14.3. The first kappa shape index (κ1) is 17.1. The van der Waals surface area contributed by atoms with Crippen LogP contribution in [0.4, 0.5) is 0 Å². The summed E-state index contributed by atoms with van der Waals surface area (Å²) in [6.07, 6.45) is 3.59. The van der Waals surface area contributed by atoms with Gasteiger partial charge in [0, 0.05) is 28.2 Å². The van der Waals surface area contributed by atoms with Gasteiger partial charge in [-0.05, 0) is 53.9 Å². The molecule has 0 spiro atoms. The molecule has 142 valence electrons. The normalized spacial score (nSPS) is 11.5. The number of para-hydroxylation sites is 1. The van der Waals surface area contributed by atoms with Crippen LogP contribution in [0.25, 0.3) is 50.1 Å². The van der Waals surface area contributed by atoms with E-state index in [4.69, 9.17) is 16.6 Å². The summed E-state index contributed by atoms with van der Waals surface area (Å²) in [5, 5.41) is 3.94. The molecule has 0 fully saturated rings. The third kappa shape index (κ3) is 2.51. The van der Waals surface area contributed by atoms with Crippen molar-refractivity contribution in [2.24, 2.45) is 0 Å². The number of hydrogen-bond donors (Lipinski definition) is 0. The molecule has 4 nitrogen and oxygen atoms in total. The fourth-order valence-corrected chi connectivity index (χ4v) is 4.26. The Hall–Kier alpha value is -3.76. The van der Waals surface area contributed by atoms with Crippen LogP contribution < -0.4 is 0 Å². The highest BCUT2D eigenvalue weighted by Gasteiger charge is 2.21. The number of nitrogens with zero attached hydrogens (tertiary/aromatic N) is 4. The number of rotatable bonds is 2. The van der Waals surface area contributed by atoms with Gasteiger partial charge in [-0.1, -0.05) is 41.9 Å². The van der Waals surface area contributed by atoms with Gasteiger partial charge >= 0.3 is 0 Å². The second-order valence-corrected chi connectivity index (χ2v) is 7.54. The van der Waals surface area contributed by atoms with E-state index in [1.54, 1.807) is 12.4 Å². The Bertz CT molecular complexity index is 1540. The first-order chi connectivity index (χ1) is 14.8. The van der Waals surface area contributed by atoms with E-state index in [0.29, 0.717) is 5.02 Å². The van der Waals surface area contributed by atoms with Crippen LogP contribution in [0.5, 0.6) is 0 Å². The Labute approximate surface area is 177 Å². The standard InChI is InChI=1S/C25H15ClN4/c26-16-11-12-18-19(15-16)17-7-1-2-10-22(17)30-24(21-9-4-6-14-28-21)23(29-25(18)30)20-8-3-5-13-27-20/h1-15H. The molecule has 0 bridgehead atoms. The van der Waals surface area contributed by atoms with Crippen LogP contribution in [0.1, 0.15) is 0 Å². The first-order valence-corrected chi connectivity index (χ1v) is 10.0. The Morgan fingerprint density at radius 1 is 0.667 bits per heavy atom. The van der Waals surface area contributed by atoms with Crippen molar-refractivity contribution in [3.8, 4) is 22.8 Å². The van der Waals surface area contributed by atoms with Crippen molar-refractivity contribution < 1.29 is 0 Å². The van der Waals surface area contributed by atoms with Gasteiger partial charge in [-0.3, -0.25) is 14.4 Å². The van der Waals surface area contributed by atoms with Crippen molar-refractivity contribution in [2.45, 2.75) is 0 Å². The van der Waals surface area contributed by atoms with Crippen molar-refractivity contribution >= 4 is 38.9 Å². The molecule has 4 aromatic heterocycles. The lowest BCUT2D eigenvalue weighted by Crippen LogP contribution is -1.95. The third-order valence-corrected chi connectivity index (χ3v) is 5.59. The zero-order valence-electron chi connectivity index (χ0n) is 15.8. The molecule has 6 rings (SSSR count). The molecule has 4 heterocycles. The first-order valence-electron chi connectivity index (χ1n) is 9.66. The monoisotopic (exact) mass is 406 g/mol. The highest BCUT2D eigenvalue weighted by atomic mass is 35.5. The molecule has 0 saturated carbocycles. The van der Waals surface area contributed by atoms with E-state index < -0.39 is 0 Å². The summed E-state index contributed by atoms with van der Waals surface area (Å²) in [6, 6.07) is 26.1. The minimum atomic E-state index is 0.707. The molecule has 5 heteroatoms. The van der Waals surface area contributed by atoms with Crippen LogP contribution in [0.15, 0.2) is 91.3 Å². The number of fused-ring (bicyclic) bond motifs is 6. The minimum Gasteiger partial charge on any atom is -0.290 e. The van der Waals surface area contributed by atoms with E-state index in [2.05, 4.69) is 26.5 Å². The molecule has 0 amide bonds. The number of pyridine rings is 3. The molecule has 0 aliphatic heterocycles. The van der Waals surface area contributed by atoms with Crippen LogP contribution in [-0.2, 0) is 0 Å². The molecule has 0 aliphatic carbocycles. The second kappa shape index (κ2) is 6.65. The Balaban J connectivity index is 1.89. The topological polar surface area (TPSA) is 43.1 Å². The van der Waals surface area contributed by atoms with Gasteiger partial charge in [-0.15, -0.1) is 0 Å². The zero-order valence-corrected chi connectivity index (χ0v) is 16.6. The van der Waals surface area contributed by atoms with Crippen molar-refractivity contribution in [3.63, 3.8) is 0 Å². The van der Waals surface area contributed by atoms with Crippen molar-refractivity contribution in [3.05, 3.63) is 96.3 Å². The minimum absolute atomic E-state index is 0.707. The van der Waals surface area contributed by atoms with Gasteiger partial charge < -0.3 is 0 Å². The maximum atomic E-state index is 6.35. The van der Waals surface area contributed by atoms with Gasteiger partial charge in [-0.25, -0.2) is 4.98 Å². The summed E-state index contributed by atoms with van der Waals surface area (Å²) in [5.41, 5.74) is 5.32. The average molecular weight is 407 g/mol. The summed E-state index contributed by atoms with van der Waals surface area (Å²) >= 11 is 6.35. The summed E-state index contributed by atoms with van der Waals surface area (Å²) in [6.45, 7) is 0. The molecule has 0 unspecified atom stereocenters. The van der Waals surface area contributed by atoms with Gasteiger partial charge in [0.05, 0.1) is 16.9 Å². The maximum Gasteiger partial charge on any atom is 0.146 e. The molecule has 0 saturated heterocycles. The van der Waals surface area contributed by atoms with Crippen molar-refractivity contribution in [1.29, 1.82) is 0 Å². The van der Waals surface area contributed by atoms with Crippen molar-refractivity contribution in [2.75, 3.05) is 0 Å². The number of benzene rings is 2. The van der Waals surface area contributed by atoms with E-state index in [1.807, 2.05) is 66.7 Å². The summed E-state index contributed by atoms with van der Waals surface area (Å²) in [7, 11) is 0. The number of imidazole rings is 1. The predicted molar refractivity (Wildman–Crippen MR) is 122 cm³/mol. The number of halogens is 1. The molecule has 0 aliphatic rings. The highest BCUT2D eigenvalue weighted by Crippen LogP contribution is 2.38. The van der Waals surface area contributed by atoms with E-state index >= 15 is 0 Å². The quantitative estimate of drug-likeness (QED) is 0.312. The van der Waals surface area contributed by atoms with Gasteiger partial charge in [0.25, 0.3) is 0 Å². The van der Waals surface area contributed by atoms with Crippen LogP contribution >= 0.6 is 11.6 Å². The third-order valence-electron chi connectivity index (χ3n) is 5.35. The molecule has 0 atom stereocenters. The molecule has 0 radical (unpaired) electrons. The Morgan fingerprint density at radius 3 is 2.17 bits per heavy atom. The van der Waals surface area contributed by atoms with E-state index in [9.17, 15) is 0 Å². The molecule has 0 N–H and O–H groups in total. The number of hydrogen-bond acceptors (Lipinski definition) is 3. The SMILES string of the molecule is Clc1ccc2c(c1)c1ccccc1n1c(-c3ccccn3)c(-c3ccccn3)nc21. The fourth-order valence-electron chi connectivity index (χ4n) is 4.09. The van der Waals surface area contributed by atoms with E-state index in [1.165, 1.54) is 0 Å². The van der Waals surface area contributed by atoms with Crippen molar-refractivity contribution in [1.82, 2.24) is 19.4 Å². The lowest BCUT2D eigenvalue weighted by molar-refractivity contribution is 1.22. The van der Waals surface area contributed by atoms with Crippen LogP contribution in [0.3, 0.4) is 0 Å². The summed E-state index contributed by atoms with van der Waals surface area (Å²) in [5.74, 6) is 0. The zero-order chi connectivity index (χ0) is 20.1. The van der Waals surface area contributed by atoms with Gasteiger partial charge in [0.2, 0.25) is 0 Å². The van der Waals surface area contributed by atoms with Gasteiger partial charge in [0.15, 0.2) is 0 Å². The summed E-state index contributed by atoms with van der Waals surface area (Å²) < 4.78 is 2.19. The highest BCUT2D eigenvalue weighted by molar-refractivity contribution is 6.32. The molecule has 2 aromatic carbocycles. The van der Waals surface area contributed by atoms with Crippen LogP contribution in [0.2, 0.25) is 5.02 Å². The molecular weight excluding hydrogens is 392 g/mol. The van der Waals surface area contributed by atoms with Gasteiger partial charge in [-0.2, -0.15) is 0 Å². The van der Waals surface area contributed by atoms with E-state index in [-0.39, 0.29) is 0 Å². The lowest BCUT2D eigenvalue weighted by Gasteiger charge is -2.11. The van der Waals surface area contributed by atoms with Gasteiger partial charge in [0.1, 0.15) is 17.0 Å². The van der Waals surface area contributed by atoms with Crippen LogP contribution in [-0.4, -0.2) is 19.4 Å². The predicted octanol–water partition coefficient (Wildman–Crippen LogP) is 6.42. The maximum absolute atomic E-state index is 6.35. The molecule has 6 aromatic rings. The second-order valence-electron chi connectivity index (χ2n) is 7.11. The number of aromatic nitrogens is 4.